The van der Waals surface area contributed by atoms with Gasteiger partial charge in [0.1, 0.15) is 0 Å². The molecule has 0 saturated heterocycles. The molecule has 0 aliphatic heterocycles. The van der Waals surface area contributed by atoms with Gasteiger partial charge < -0.3 is 0 Å². The minimum atomic E-state index is 1.13. The van der Waals surface area contributed by atoms with Crippen molar-refractivity contribution >= 4 is 70.7 Å². The van der Waals surface area contributed by atoms with Crippen molar-refractivity contribution in [3.8, 4) is 0 Å². The normalized spacial score (nSPS) is 14.0. The van der Waals surface area contributed by atoms with Crippen LogP contribution < -0.4 is 5.22 Å². The third kappa shape index (κ3) is 1.63. The molecule has 0 amide bonds. The molecule has 0 fully saturated rings. The molecule has 0 heterocycles. The second kappa shape index (κ2) is 5.09. The van der Waals surface area contributed by atoms with Crippen LogP contribution >= 0.6 is 0 Å². The van der Waals surface area contributed by atoms with Gasteiger partial charge in [0.2, 0.25) is 0 Å². The van der Waals surface area contributed by atoms with Crippen LogP contribution in [0.5, 0.6) is 0 Å². The highest BCUT2D eigenvalue weighted by Gasteiger charge is 2.20. The van der Waals surface area contributed by atoms with E-state index in [2.05, 4.69) is 84.9 Å². The highest BCUT2D eigenvalue weighted by molar-refractivity contribution is 6.39. The van der Waals surface area contributed by atoms with Crippen molar-refractivity contribution in [3.63, 3.8) is 0 Å². The molecule has 7 aromatic carbocycles. The van der Waals surface area contributed by atoms with Crippen LogP contribution in [0.25, 0.3) is 70.7 Å². The van der Waals surface area contributed by atoms with Crippen LogP contribution in [-0.4, -0.2) is 0 Å². The maximum Gasteiger partial charge on any atom is -0.00140 e. The number of benzene rings is 7. The third-order valence-electron chi connectivity index (χ3n) is 7.42. The van der Waals surface area contributed by atoms with E-state index in [0.717, 1.165) is 12.8 Å². The first-order chi connectivity index (χ1) is 14.9. The Morgan fingerprint density at radius 2 is 0.967 bits per heavy atom. The number of aryl methyl sites for hydroxylation is 1. The Kier molecular flexibility index (Phi) is 2.59. The largest absolute Gasteiger partial charge is 0.0763 e. The monoisotopic (exact) mass is 378 g/mol. The van der Waals surface area contributed by atoms with Crippen LogP contribution in [0.4, 0.5) is 0 Å². The van der Waals surface area contributed by atoms with E-state index in [1.807, 2.05) is 0 Å². The molecule has 0 heteroatoms. The standard InChI is InChI=1S/C30H18/c1-5-17-6-2-10-20-24-15-16-26-22-12-4-8-18-7-3-11-21(28(18)22)25-14-13-23(29(24)30(25)26)19(9-1)27(17)20/h1-3,5-11,13-16H,4,12H2. The fourth-order valence-corrected chi connectivity index (χ4v) is 6.28. The molecule has 8 rings (SSSR count). The molecular weight excluding hydrogens is 360 g/mol. The first kappa shape index (κ1) is 15.2. The van der Waals surface area contributed by atoms with Crippen LogP contribution in [0, 0.1) is 0 Å². The van der Waals surface area contributed by atoms with Crippen molar-refractivity contribution in [1.29, 1.82) is 0 Å². The summed E-state index contributed by atoms with van der Waals surface area (Å²) in [4.78, 5) is 0. The lowest BCUT2D eigenvalue weighted by Crippen LogP contribution is -2.10. The second-order valence-electron chi connectivity index (χ2n) is 8.77. The molecule has 7 aromatic rings. The minimum absolute atomic E-state index is 1.13. The predicted octanol–water partition coefficient (Wildman–Crippen LogP) is 7.49. The lowest BCUT2D eigenvalue weighted by molar-refractivity contribution is 1.05. The van der Waals surface area contributed by atoms with Gasteiger partial charge in [-0.05, 0) is 88.3 Å². The second-order valence-corrected chi connectivity index (χ2v) is 8.77. The van der Waals surface area contributed by atoms with Gasteiger partial charge in [-0.3, -0.25) is 0 Å². The van der Waals surface area contributed by atoms with Gasteiger partial charge in [0, 0.05) is 0 Å². The molecule has 138 valence electrons. The summed E-state index contributed by atoms with van der Waals surface area (Å²) in [5.41, 5.74) is 1.54. The van der Waals surface area contributed by atoms with E-state index < -0.39 is 0 Å². The highest BCUT2D eigenvalue weighted by Crippen LogP contribution is 2.45. The summed E-state index contributed by atoms with van der Waals surface area (Å²) >= 11 is 0. The van der Waals surface area contributed by atoms with E-state index in [4.69, 9.17) is 0 Å². The van der Waals surface area contributed by atoms with Gasteiger partial charge in [0.25, 0.3) is 0 Å². The van der Waals surface area contributed by atoms with Crippen molar-refractivity contribution in [2.24, 2.45) is 0 Å². The first-order valence-corrected chi connectivity index (χ1v) is 10.9. The summed E-state index contributed by atoms with van der Waals surface area (Å²) in [5, 5.41) is 18.3. The Hall–Kier alpha value is -3.64. The van der Waals surface area contributed by atoms with E-state index in [0.29, 0.717) is 0 Å². The van der Waals surface area contributed by atoms with Gasteiger partial charge in [-0.2, -0.15) is 0 Å². The lowest BCUT2D eigenvalue weighted by atomic mass is 9.82. The molecule has 0 bridgehead atoms. The highest BCUT2D eigenvalue weighted by atomic mass is 14.2. The molecule has 1 aliphatic rings. The predicted molar refractivity (Wildman–Crippen MR) is 131 cm³/mol. The smallest absolute Gasteiger partial charge is 0.00140 e. The minimum Gasteiger partial charge on any atom is -0.0763 e. The SMILES string of the molecule is C1=c2cccc3c2c(c2ccc4c5cccc6cccc(c7ccc3c2c47)c65)CC1. The number of rotatable bonds is 0. The molecule has 0 atom stereocenters. The molecule has 0 nitrogen and oxygen atoms in total. The Morgan fingerprint density at radius 1 is 0.433 bits per heavy atom. The van der Waals surface area contributed by atoms with Gasteiger partial charge in [0.05, 0.1) is 0 Å². The maximum absolute atomic E-state index is 2.41. The average molecular weight is 378 g/mol. The van der Waals surface area contributed by atoms with E-state index in [1.54, 1.807) is 0 Å². The van der Waals surface area contributed by atoms with Crippen LogP contribution in [0.3, 0.4) is 0 Å². The Balaban J connectivity index is 1.78. The zero-order valence-corrected chi connectivity index (χ0v) is 16.5. The van der Waals surface area contributed by atoms with E-state index in [1.165, 1.54) is 75.4 Å². The topological polar surface area (TPSA) is 0 Å². The van der Waals surface area contributed by atoms with Gasteiger partial charge in [-0.25, -0.2) is 0 Å². The molecule has 0 saturated carbocycles. The van der Waals surface area contributed by atoms with E-state index in [-0.39, 0.29) is 0 Å². The van der Waals surface area contributed by atoms with Gasteiger partial charge in [-0.15, -0.1) is 0 Å². The first-order valence-electron chi connectivity index (χ1n) is 10.9. The molecular formula is C30H18. The van der Waals surface area contributed by atoms with Gasteiger partial charge >= 0.3 is 0 Å². The summed E-state index contributed by atoms with van der Waals surface area (Å²) in [6, 6.07) is 29.8. The number of hydrogen-bond acceptors (Lipinski definition) is 0. The van der Waals surface area contributed by atoms with Crippen LogP contribution in [-0.2, 0) is 6.42 Å². The quantitative estimate of drug-likeness (QED) is 0.189. The third-order valence-corrected chi connectivity index (χ3v) is 7.42. The molecule has 0 N–H and O–H groups in total. The summed E-state index contributed by atoms with van der Waals surface area (Å²) in [6.45, 7) is 0. The van der Waals surface area contributed by atoms with Crippen molar-refractivity contribution in [2.45, 2.75) is 12.8 Å². The molecule has 0 radical (unpaired) electrons. The zero-order valence-electron chi connectivity index (χ0n) is 16.5. The van der Waals surface area contributed by atoms with Crippen molar-refractivity contribution in [1.82, 2.24) is 0 Å². The van der Waals surface area contributed by atoms with E-state index in [9.17, 15) is 0 Å². The van der Waals surface area contributed by atoms with Crippen molar-refractivity contribution in [2.75, 3.05) is 0 Å². The molecule has 1 aliphatic carbocycles. The van der Waals surface area contributed by atoms with Crippen molar-refractivity contribution < 1.29 is 0 Å². The number of hydrogen-bond donors (Lipinski definition) is 0. The van der Waals surface area contributed by atoms with Crippen molar-refractivity contribution in [3.05, 3.63) is 89.6 Å². The van der Waals surface area contributed by atoms with Crippen LogP contribution in [0.2, 0.25) is 0 Å². The average Bonchev–Trinajstić information content (AvgIpc) is 2.81. The Bertz CT molecular complexity index is 1840. The fourth-order valence-electron chi connectivity index (χ4n) is 6.28. The summed E-state index contributed by atoms with van der Waals surface area (Å²) in [6.07, 6.45) is 4.67. The van der Waals surface area contributed by atoms with Gasteiger partial charge in [-0.1, -0.05) is 84.9 Å². The summed E-state index contributed by atoms with van der Waals surface area (Å²) < 4.78 is 0. The molecule has 0 aromatic heterocycles. The zero-order chi connectivity index (χ0) is 19.4. The van der Waals surface area contributed by atoms with Crippen LogP contribution in [0.1, 0.15) is 12.0 Å². The molecule has 0 spiro atoms. The Labute approximate surface area is 173 Å². The molecule has 0 unspecified atom stereocenters. The Morgan fingerprint density at radius 3 is 1.67 bits per heavy atom. The fraction of sp³-hybridized carbons (Fsp3) is 0.0667. The maximum atomic E-state index is 2.41. The van der Waals surface area contributed by atoms with E-state index >= 15 is 0 Å². The summed E-state index contributed by atoms with van der Waals surface area (Å²) in [5.74, 6) is 0. The molecule has 30 heavy (non-hydrogen) atoms. The lowest BCUT2D eigenvalue weighted by Gasteiger charge is -2.21. The number of fused-ring (bicyclic) bond motifs is 4. The van der Waals surface area contributed by atoms with Gasteiger partial charge in [0.15, 0.2) is 0 Å². The van der Waals surface area contributed by atoms with Crippen LogP contribution in [0.15, 0.2) is 78.9 Å². The summed E-state index contributed by atoms with van der Waals surface area (Å²) in [7, 11) is 0.